The molecule has 0 aromatic carbocycles. The van der Waals surface area contributed by atoms with E-state index in [1.165, 1.54) is 13.0 Å². The molecule has 4 aliphatic carbocycles. The van der Waals surface area contributed by atoms with E-state index in [9.17, 15) is 29.1 Å². The van der Waals surface area contributed by atoms with Crippen LogP contribution in [0.15, 0.2) is 11.6 Å². The number of esters is 1. The Balaban J connectivity index is 1.71. The third kappa shape index (κ3) is 2.70. The quantitative estimate of drug-likeness (QED) is 0.697. The average Bonchev–Trinajstić information content (AvgIpc) is 2.93. The molecule has 3 saturated carbocycles. The molecule has 4 rings (SSSR count). The highest BCUT2D eigenvalue weighted by Gasteiger charge is 2.69. The molecule has 4 aliphatic rings. The summed E-state index contributed by atoms with van der Waals surface area (Å²) in [5.74, 6) is -2.28. The summed E-state index contributed by atoms with van der Waals surface area (Å²) in [6.07, 6.45) is 3.10. The number of allylic oxidation sites excluding steroid dienone is 1. The first kappa shape index (κ1) is 21.1. The zero-order chi connectivity index (χ0) is 22.1. The van der Waals surface area contributed by atoms with E-state index in [0.717, 1.165) is 0 Å². The molecule has 1 N–H and O–H groups in total. The standard InChI is InChI=1S/C23H28O7/c1-12(24)30-11-19(28)23(29)7-5-15-14-9-17(26)16-8-13(25)4-6-21(16,2)20(14)18(27)10-22(15,23)3/h8,14-15,20,29H,4-7,9-11H2,1-3H3/t14-,15-,20+,21-,22-,23-/m0/s1. The molecule has 7 heteroatoms. The highest BCUT2D eigenvalue weighted by molar-refractivity contribution is 6.07. The van der Waals surface area contributed by atoms with Gasteiger partial charge in [-0.1, -0.05) is 13.8 Å². The number of hydrogen-bond acceptors (Lipinski definition) is 7. The summed E-state index contributed by atoms with van der Waals surface area (Å²) in [4.78, 5) is 62.3. The van der Waals surface area contributed by atoms with Gasteiger partial charge in [0.1, 0.15) is 11.4 Å². The minimum atomic E-state index is -1.77. The Labute approximate surface area is 175 Å². The largest absolute Gasteiger partial charge is 0.458 e. The van der Waals surface area contributed by atoms with Crippen LogP contribution in [-0.2, 0) is 28.7 Å². The molecule has 30 heavy (non-hydrogen) atoms. The van der Waals surface area contributed by atoms with Gasteiger partial charge in [0.05, 0.1) is 0 Å². The molecule has 0 aliphatic heterocycles. The average molecular weight is 416 g/mol. The molecule has 0 heterocycles. The summed E-state index contributed by atoms with van der Waals surface area (Å²) in [6.45, 7) is 4.34. The summed E-state index contributed by atoms with van der Waals surface area (Å²) in [5.41, 5.74) is -2.98. The molecule has 0 aromatic rings. The first-order valence-corrected chi connectivity index (χ1v) is 10.6. The van der Waals surface area contributed by atoms with Crippen molar-refractivity contribution in [1.82, 2.24) is 0 Å². The van der Waals surface area contributed by atoms with Crippen molar-refractivity contribution in [3.63, 3.8) is 0 Å². The van der Waals surface area contributed by atoms with E-state index in [2.05, 4.69) is 0 Å². The monoisotopic (exact) mass is 416 g/mol. The summed E-state index contributed by atoms with van der Waals surface area (Å²) in [6, 6.07) is 0. The van der Waals surface area contributed by atoms with Crippen molar-refractivity contribution in [3.05, 3.63) is 11.6 Å². The molecule has 0 unspecified atom stereocenters. The van der Waals surface area contributed by atoms with E-state index >= 15 is 0 Å². The molecule has 0 aromatic heterocycles. The second-order valence-electron chi connectivity index (χ2n) is 9.98. The number of ether oxygens (including phenoxy) is 1. The maximum atomic E-state index is 13.5. The smallest absolute Gasteiger partial charge is 0.303 e. The molecule has 0 spiro atoms. The third-order valence-corrected chi connectivity index (χ3v) is 8.50. The van der Waals surface area contributed by atoms with E-state index in [0.29, 0.717) is 24.8 Å². The minimum Gasteiger partial charge on any atom is -0.458 e. The van der Waals surface area contributed by atoms with Gasteiger partial charge in [0.2, 0.25) is 5.78 Å². The molecule has 0 bridgehead atoms. The Morgan fingerprint density at radius 1 is 1.20 bits per heavy atom. The highest BCUT2D eigenvalue weighted by atomic mass is 16.5. The van der Waals surface area contributed by atoms with Crippen molar-refractivity contribution >= 4 is 29.1 Å². The van der Waals surface area contributed by atoms with Gasteiger partial charge >= 0.3 is 5.97 Å². The second-order valence-corrected chi connectivity index (χ2v) is 9.98. The number of aliphatic hydroxyl groups is 1. The molecule has 6 atom stereocenters. The first-order valence-electron chi connectivity index (χ1n) is 10.6. The van der Waals surface area contributed by atoms with E-state index in [-0.39, 0.29) is 48.4 Å². The maximum Gasteiger partial charge on any atom is 0.303 e. The topological polar surface area (TPSA) is 115 Å². The Bertz CT molecular complexity index is 901. The summed E-state index contributed by atoms with van der Waals surface area (Å²) in [7, 11) is 0. The number of Topliss-reactive ketones (excluding diaryl/α,β-unsaturated/α-hetero) is 3. The lowest BCUT2D eigenvalue weighted by molar-refractivity contribution is -0.174. The molecule has 162 valence electrons. The van der Waals surface area contributed by atoms with Crippen LogP contribution in [0.5, 0.6) is 0 Å². The van der Waals surface area contributed by atoms with Gasteiger partial charge in [0.15, 0.2) is 18.2 Å². The molecule has 0 radical (unpaired) electrons. The molecular weight excluding hydrogens is 388 g/mol. The van der Waals surface area contributed by atoms with E-state index in [4.69, 9.17) is 4.74 Å². The van der Waals surface area contributed by atoms with Gasteiger partial charge < -0.3 is 9.84 Å². The Morgan fingerprint density at radius 3 is 2.57 bits per heavy atom. The van der Waals surface area contributed by atoms with Crippen LogP contribution in [0.3, 0.4) is 0 Å². The van der Waals surface area contributed by atoms with Gasteiger partial charge in [0, 0.05) is 48.5 Å². The van der Waals surface area contributed by atoms with Gasteiger partial charge in [-0.15, -0.1) is 0 Å². The van der Waals surface area contributed by atoms with Crippen LogP contribution in [0.4, 0.5) is 0 Å². The Morgan fingerprint density at radius 2 is 1.90 bits per heavy atom. The van der Waals surface area contributed by atoms with Gasteiger partial charge in [-0.05, 0) is 37.2 Å². The summed E-state index contributed by atoms with van der Waals surface area (Å²) in [5, 5.41) is 11.4. The number of carbonyl (C=O) groups excluding carboxylic acids is 5. The zero-order valence-corrected chi connectivity index (χ0v) is 17.7. The predicted molar refractivity (Wildman–Crippen MR) is 104 cm³/mol. The van der Waals surface area contributed by atoms with Gasteiger partial charge in [-0.2, -0.15) is 0 Å². The number of rotatable bonds is 3. The van der Waals surface area contributed by atoms with Crippen molar-refractivity contribution in [3.8, 4) is 0 Å². The van der Waals surface area contributed by atoms with Crippen molar-refractivity contribution in [1.29, 1.82) is 0 Å². The van der Waals surface area contributed by atoms with Crippen molar-refractivity contribution < 1.29 is 33.8 Å². The number of hydrogen-bond donors (Lipinski definition) is 1. The van der Waals surface area contributed by atoms with E-state index < -0.39 is 40.7 Å². The van der Waals surface area contributed by atoms with Crippen LogP contribution in [-0.4, -0.2) is 46.4 Å². The lowest BCUT2D eigenvalue weighted by atomic mass is 9.45. The fourth-order valence-corrected chi connectivity index (χ4v) is 6.98. The molecule has 0 amide bonds. The first-order chi connectivity index (χ1) is 13.9. The predicted octanol–water partition coefficient (Wildman–Crippen LogP) is 1.74. The van der Waals surface area contributed by atoms with Gasteiger partial charge in [0.25, 0.3) is 0 Å². The Hall–Kier alpha value is -2.15. The van der Waals surface area contributed by atoms with Gasteiger partial charge in [-0.25, -0.2) is 0 Å². The number of fused-ring (bicyclic) bond motifs is 5. The normalized spacial score (nSPS) is 42.7. The van der Waals surface area contributed by atoms with Crippen molar-refractivity contribution in [2.75, 3.05) is 6.61 Å². The summed E-state index contributed by atoms with van der Waals surface area (Å²) >= 11 is 0. The number of ketones is 4. The third-order valence-electron chi connectivity index (χ3n) is 8.50. The van der Waals surface area contributed by atoms with Gasteiger partial charge in [-0.3, -0.25) is 24.0 Å². The zero-order valence-electron chi connectivity index (χ0n) is 17.7. The molecule has 0 saturated heterocycles. The van der Waals surface area contributed by atoms with E-state index in [1.54, 1.807) is 6.92 Å². The van der Waals surface area contributed by atoms with Crippen molar-refractivity contribution in [2.24, 2.45) is 28.6 Å². The SMILES string of the molecule is CC(=O)OCC(=O)[C@@]1(O)CC[C@H]2[C@@H]3CC(=O)C4=CC(=O)CC[C@]4(C)[C@H]3C(=O)C[C@@]21C. The summed E-state index contributed by atoms with van der Waals surface area (Å²) < 4.78 is 4.83. The molecular formula is C23H28O7. The lowest BCUT2D eigenvalue weighted by Crippen LogP contribution is -2.62. The lowest BCUT2D eigenvalue weighted by Gasteiger charge is -2.57. The van der Waals surface area contributed by atoms with Crippen molar-refractivity contribution in [2.45, 2.75) is 64.9 Å². The highest BCUT2D eigenvalue weighted by Crippen LogP contribution is 2.66. The van der Waals surface area contributed by atoms with Crippen LogP contribution < -0.4 is 0 Å². The molecule has 3 fully saturated rings. The minimum absolute atomic E-state index is 0.0339. The maximum absolute atomic E-state index is 13.5. The fourth-order valence-electron chi connectivity index (χ4n) is 6.98. The van der Waals surface area contributed by atoms with E-state index in [1.807, 2.05) is 6.92 Å². The number of carbonyl (C=O) groups is 5. The van der Waals surface area contributed by atoms with Crippen LogP contribution >= 0.6 is 0 Å². The second kappa shape index (κ2) is 6.67. The molecule has 7 nitrogen and oxygen atoms in total. The van der Waals surface area contributed by atoms with Crippen LogP contribution in [0.2, 0.25) is 0 Å². The fraction of sp³-hybridized carbons (Fsp3) is 0.696. The van der Waals surface area contributed by atoms with Crippen LogP contribution in [0.25, 0.3) is 0 Å². The Kier molecular flexibility index (Phi) is 4.69. The van der Waals surface area contributed by atoms with Crippen LogP contribution in [0.1, 0.15) is 59.3 Å². The van der Waals surface area contributed by atoms with Crippen LogP contribution in [0, 0.1) is 28.6 Å².